The Labute approximate surface area is 197 Å². The second-order valence-electron chi connectivity index (χ2n) is 8.73. The van der Waals surface area contributed by atoms with Crippen molar-refractivity contribution in [2.24, 2.45) is 5.92 Å². The highest BCUT2D eigenvalue weighted by Crippen LogP contribution is 2.39. The second-order valence-corrected chi connectivity index (χ2v) is 9.16. The first kappa shape index (κ1) is 21.6. The van der Waals surface area contributed by atoms with E-state index in [2.05, 4.69) is 10.6 Å². The van der Waals surface area contributed by atoms with Gasteiger partial charge in [-0.15, -0.1) is 0 Å². The Morgan fingerprint density at radius 2 is 1.30 bits per heavy atom. The van der Waals surface area contributed by atoms with Gasteiger partial charge in [0.05, 0.1) is 0 Å². The number of carbonyl (C=O) groups excluding carboxylic acids is 3. The molecule has 3 aliphatic heterocycles. The summed E-state index contributed by atoms with van der Waals surface area (Å²) in [5.41, 5.74) is 2.09. The van der Waals surface area contributed by atoms with Crippen molar-refractivity contribution >= 4 is 46.6 Å². The molecule has 33 heavy (non-hydrogen) atoms. The number of urea groups is 2. The summed E-state index contributed by atoms with van der Waals surface area (Å²) in [5.74, 6) is 0.364. The van der Waals surface area contributed by atoms with E-state index in [-0.39, 0.29) is 29.9 Å². The van der Waals surface area contributed by atoms with Gasteiger partial charge in [-0.3, -0.25) is 4.79 Å². The van der Waals surface area contributed by atoms with E-state index < -0.39 is 0 Å². The fourth-order valence-corrected chi connectivity index (χ4v) is 5.07. The number of fused-ring (bicyclic) bond motifs is 3. The number of rotatable bonds is 3. The number of hydrogen-bond donors (Lipinski definition) is 2. The Balaban J connectivity index is 1.22. The van der Waals surface area contributed by atoms with Crippen LogP contribution in [0.25, 0.3) is 0 Å². The van der Waals surface area contributed by atoms with Crippen molar-refractivity contribution in [3.63, 3.8) is 0 Å². The maximum atomic E-state index is 12.9. The molecule has 2 aromatic carbocycles. The topological polar surface area (TPSA) is 85.0 Å². The largest absolute Gasteiger partial charge is 0.340 e. The first-order chi connectivity index (χ1) is 16.0. The number of nitrogens with one attached hydrogen (secondary N) is 2. The van der Waals surface area contributed by atoms with Gasteiger partial charge in [0.25, 0.3) is 0 Å². The molecule has 1 saturated carbocycles. The molecule has 2 bridgehead atoms. The summed E-state index contributed by atoms with van der Waals surface area (Å²) in [6.07, 6.45) is 4.79. The molecule has 3 heterocycles. The first-order valence-corrected chi connectivity index (χ1v) is 11.7. The van der Waals surface area contributed by atoms with E-state index in [9.17, 15) is 14.4 Å². The van der Waals surface area contributed by atoms with Crippen LogP contribution in [0.3, 0.4) is 0 Å². The molecule has 0 spiro atoms. The predicted octanol–water partition coefficient (Wildman–Crippen LogP) is 4.93. The molecule has 0 unspecified atom stereocenters. The third kappa shape index (κ3) is 4.35. The van der Waals surface area contributed by atoms with Gasteiger partial charge in [-0.25, -0.2) is 19.6 Å². The van der Waals surface area contributed by atoms with E-state index >= 15 is 0 Å². The van der Waals surface area contributed by atoms with E-state index in [1.165, 1.54) is 10.0 Å². The van der Waals surface area contributed by atoms with Crippen LogP contribution in [-0.4, -0.2) is 47.1 Å². The number of piperidine rings is 2. The van der Waals surface area contributed by atoms with Gasteiger partial charge in [0.1, 0.15) is 0 Å². The Hall–Kier alpha value is -3.26. The zero-order chi connectivity index (χ0) is 22.9. The number of halogens is 1. The quantitative estimate of drug-likeness (QED) is 0.671. The van der Waals surface area contributed by atoms with Crippen molar-refractivity contribution in [3.8, 4) is 0 Å². The minimum atomic E-state index is -0.376. The van der Waals surface area contributed by atoms with Crippen LogP contribution in [0.5, 0.6) is 0 Å². The van der Waals surface area contributed by atoms with Crippen LogP contribution in [0.1, 0.15) is 32.1 Å². The van der Waals surface area contributed by atoms with E-state index in [1.54, 1.807) is 36.4 Å². The molecule has 1 aliphatic carbocycles. The summed E-state index contributed by atoms with van der Waals surface area (Å²) < 4.78 is 0. The van der Waals surface area contributed by atoms with Gasteiger partial charge < -0.3 is 15.5 Å². The molecule has 0 aromatic heterocycles. The van der Waals surface area contributed by atoms with Gasteiger partial charge in [-0.1, -0.05) is 11.6 Å². The van der Waals surface area contributed by atoms with Crippen LogP contribution >= 0.6 is 11.6 Å². The molecule has 4 aliphatic rings. The average molecular weight is 468 g/mol. The zero-order valence-electron chi connectivity index (χ0n) is 18.2. The second kappa shape index (κ2) is 8.94. The lowest BCUT2D eigenvalue weighted by atomic mass is 9.79. The van der Waals surface area contributed by atoms with Crippen molar-refractivity contribution in [2.75, 3.05) is 28.6 Å². The lowest BCUT2D eigenvalue weighted by Gasteiger charge is -2.44. The summed E-state index contributed by atoms with van der Waals surface area (Å²) in [6.45, 7) is 0.898. The van der Waals surface area contributed by atoms with Crippen LogP contribution in [0.4, 0.5) is 26.7 Å². The third-order valence-corrected chi connectivity index (χ3v) is 6.89. The minimum absolute atomic E-state index is 0.148. The van der Waals surface area contributed by atoms with E-state index in [0.29, 0.717) is 35.9 Å². The standard InChI is InChI=1S/C24H26ClN5O3/c25-17-4-6-18(7-5-17)26-23(32)28-14-1-15-29(28)24(33)27-19-8-12-21(13-9-19)30-20-10-2-16(3-11-20)22(30)31/h4-9,12-13,16,20H,1-3,10-11,14-15H2,(H,26,32)(H,27,33). The van der Waals surface area contributed by atoms with Crippen LogP contribution in [0.15, 0.2) is 48.5 Å². The molecule has 0 atom stereocenters. The van der Waals surface area contributed by atoms with Crippen LogP contribution < -0.4 is 15.5 Å². The Morgan fingerprint density at radius 3 is 1.82 bits per heavy atom. The molecule has 172 valence electrons. The third-order valence-electron chi connectivity index (χ3n) is 6.64. The maximum absolute atomic E-state index is 12.9. The lowest BCUT2D eigenvalue weighted by molar-refractivity contribution is -0.126. The lowest BCUT2D eigenvalue weighted by Crippen LogP contribution is -2.52. The Morgan fingerprint density at radius 1 is 0.788 bits per heavy atom. The molecular weight excluding hydrogens is 442 g/mol. The van der Waals surface area contributed by atoms with E-state index in [1.807, 2.05) is 17.0 Å². The summed E-state index contributed by atoms with van der Waals surface area (Å²) in [6, 6.07) is 13.7. The molecular formula is C24H26ClN5O3. The normalized spacial score (nSPS) is 22.0. The molecule has 0 radical (unpaired) electrons. The van der Waals surface area contributed by atoms with E-state index in [0.717, 1.165) is 31.4 Å². The fraction of sp³-hybridized carbons (Fsp3) is 0.375. The SMILES string of the molecule is O=C1C2CCC(CC2)N1c1ccc(NC(=O)N2CCCN2C(=O)Nc2ccc(Cl)cc2)cc1. The number of nitrogens with zero attached hydrogens (tertiary/aromatic N) is 3. The van der Waals surface area contributed by atoms with Crippen molar-refractivity contribution in [1.29, 1.82) is 0 Å². The fourth-order valence-electron chi connectivity index (χ4n) is 4.94. The highest BCUT2D eigenvalue weighted by molar-refractivity contribution is 6.30. The number of amides is 5. The van der Waals surface area contributed by atoms with Crippen molar-refractivity contribution in [3.05, 3.63) is 53.6 Å². The van der Waals surface area contributed by atoms with Gasteiger partial charge in [0.15, 0.2) is 0 Å². The van der Waals surface area contributed by atoms with Crippen molar-refractivity contribution in [2.45, 2.75) is 38.1 Å². The summed E-state index contributed by atoms with van der Waals surface area (Å²) in [4.78, 5) is 40.2. The Bertz CT molecular complexity index is 1050. The van der Waals surface area contributed by atoms with Crippen molar-refractivity contribution < 1.29 is 14.4 Å². The van der Waals surface area contributed by atoms with Crippen LogP contribution in [0, 0.1) is 5.92 Å². The maximum Gasteiger partial charge on any atom is 0.340 e. The van der Waals surface area contributed by atoms with E-state index in [4.69, 9.17) is 11.6 Å². The monoisotopic (exact) mass is 467 g/mol. The summed E-state index contributed by atoms with van der Waals surface area (Å²) in [5, 5.41) is 9.04. The number of benzene rings is 2. The number of hydrogen-bond acceptors (Lipinski definition) is 3. The van der Waals surface area contributed by atoms with Crippen LogP contribution in [-0.2, 0) is 4.79 Å². The molecule has 3 saturated heterocycles. The van der Waals surface area contributed by atoms with Gasteiger partial charge in [-0.2, -0.15) is 0 Å². The van der Waals surface area contributed by atoms with Gasteiger partial charge in [0, 0.05) is 47.1 Å². The molecule has 5 amide bonds. The average Bonchev–Trinajstić information content (AvgIpc) is 3.33. The number of hydrazine groups is 1. The molecule has 2 aromatic rings. The van der Waals surface area contributed by atoms with Gasteiger partial charge >= 0.3 is 12.1 Å². The molecule has 8 nitrogen and oxygen atoms in total. The summed E-state index contributed by atoms with van der Waals surface area (Å²) in [7, 11) is 0. The van der Waals surface area contributed by atoms with Crippen LogP contribution in [0.2, 0.25) is 5.02 Å². The smallest absolute Gasteiger partial charge is 0.309 e. The first-order valence-electron chi connectivity index (χ1n) is 11.4. The highest BCUT2D eigenvalue weighted by Gasteiger charge is 2.40. The van der Waals surface area contributed by atoms with Crippen molar-refractivity contribution in [1.82, 2.24) is 10.0 Å². The zero-order valence-corrected chi connectivity index (χ0v) is 18.9. The summed E-state index contributed by atoms with van der Waals surface area (Å²) >= 11 is 5.89. The Kier molecular flexibility index (Phi) is 5.85. The molecule has 4 fully saturated rings. The van der Waals surface area contributed by atoms with Gasteiger partial charge in [0.2, 0.25) is 5.91 Å². The predicted molar refractivity (Wildman–Crippen MR) is 127 cm³/mol. The molecule has 6 rings (SSSR count). The molecule has 2 N–H and O–H groups in total. The highest BCUT2D eigenvalue weighted by atomic mass is 35.5. The molecule has 9 heteroatoms. The number of carbonyl (C=O) groups is 3. The minimum Gasteiger partial charge on any atom is -0.309 e. The van der Waals surface area contributed by atoms with Gasteiger partial charge in [-0.05, 0) is 80.6 Å². The number of anilines is 3.